The lowest BCUT2D eigenvalue weighted by Crippen LogP contribution is -1.96. The van der Waals surface area contributed by atoms with Gasteiger partial charge in [-0.3, -0.25) is 0 Å². The van der Waals surface area contributed by atoms with Gasteiger partial charge in [-0.05, 0) is 30.2 Å². The first-order chi connectivity index (χ1) is 5.29. The number of thiophene rings is 1. The summed E-state index contributed by atoms with van der Waals surface area (Å²) in [6, 6.07) is 1.70. The summed E-state index contributed by atoms with van der Waals surface area (Å²) in [5.74, 6) is -0.228. The lowest BCUT2D eigenvalue weighted by molar-refractivity contribution is 0.0696. The Morgan fingerprint density at radius 2 is 2.36 bits per heavy atom. The van der Waals surface area contributed by atoms with Crippen molar-refractivity contribution in [3.8, 4) is 0 Å². The fourth-order valence-electron chi connectivity index (χ4n) is 1.16. The molecule has 0 aromatic carbocycles. The molecule has 3 heteroatoms. The molecule has 11 heavy (non-hydrogen) atoms. The van der Waals surface area contributed by atoms with E-state index in [2.05, 4.69) is 0 Å². The first kappa shape index (κ1) is 6.85. The van der Waals surface area contributed by atoms with E-state index in [0.717, 1.165) is 4.88 Å². The zero-order chi connectivity index (χ0) is 7.84. The number of aromatic carboxylic acids is 1. The number of hydrogen-bond donors (Lipinski definition) is 1. The molecule has 2 rings (SSSR count). The Morgan fingerprint density at radius 3 is 2.91 bits per heavy atom. The van der Waals surface area contributed by atoms with Gasteiger partial charge < -0.3 is 5.11 Å². The van der Waals surface area contributed by atoms with E-state index >= 15 is 0 Å². The van der Waals surface area contributed by atoms with Crippen LogP contribution in [0.25, 0.3) is 0 Å². The van der Waals surface area contributed by atoms with Crippen LogP contribution in [0.1, 0.15) is 34.0 Å². The summed E-state index contributed by atoms with van der Waals surface area (Å²) < 4.78 is 0. The fraction of sp³-hybridized carbons (Fsp3) is 0.375. The van der Waals surface area contributed by atoms with Crippen molar-refractivity contribution in [3.05, 3.63) is 21.9 Å². The van der Waals surface area contributed by atoms with E-state index in [-0.39, 0.29) is 0 Å². The molecule has 2 nitrogen and oxygen atoms in total. The van der Waals surface area contributed by atoms with Crippen LogP contribution in [0.4, 0.5) is 0 Å². The molecule has 1 heterocycles. The van der Waals surface area contributed by atoms with E-state index in [1.165, 1.54) is 12.8 Å². The second-order valence-corrected chi connectivity index (χ2v) is 3.73. The number of rotatable bonds is 2. The quantitative estimate of drug-likeness (QED) is 0.735. The second-order valence-electron chi connectivity index (χ2n) is 2.78. The number of carboxylic acids is 1. The van der Waals surface area contributed by atoms with Gasteiger partial charge in [0, 0.05) is 4.88 Å². The van der Waals surface area contributed by atoms with Crippen molar-refractivity contribution in [2.24, 2.45) is 0 Å². The molecule has 1 aliphatic carbocycles. The molecule has 1 N–H and O–H groups in total. The maximum absolute atomic E-state index is 10.6. The largest absolute Gasteiger partial charge is 0.478 e. The van der Waals surface area contributed by atoms with Gasteiger partial charge in [0.25, 0.3) is 0 Å². The Labute approximate surface area is 68.5 Å². The van der Waals surface area contributed by atoms with Crippen molar-refractivity contribution in [2.45, 2.75) is 18.8 Å². The Bertz CT molecular complexity index is 286. The Morgan fingerprint density at radius 1 is 1.64 bits per heavy atom. The summed E-state index contributed by atoms with van der Waals surface area (Å²) in [6.45, 7) is 0. The van der Waals surface area contributed by atoms with Gasteiger partial charge in [0.15, 0.2) is 0 Å². The molecule has 1 aromatic rings. The first-order valence-corrected chi connectivity index (χ1v) is 4.47. The van der Waals surface area contributed by atoms with Crippen molar-refractivity contribution in [3.63, 3.8) is 0 Å². The van der Waals surface area contributed by atoms with Gasteiger partial charge in [-0.1, -0.05) is 0 Å². The highest BCUT2D eigenvalue weighted by Crippen LogP contribution is 2.44. The Hall–Kier alpha value is -0.830. The van der Waals surface area contributed by atoms with Gasteiger partial charge in [0.2, 0.25) is 0 Å². The lowest BCUT2D eigenvalue weighted by atomic mass is 10.2. The van der Waals surface area contributed by atoms with E-state index in [9.17, 15) is 4.79 Å². The van der Waals surface area contributed by atoms with E-state index < -0.39 is 5.97 Å². The smallest absolute Gasteiger partial charge is 0.336 e. The predicted molar refractivity (Wildman–Crippen MR) is 43.3 cm³/mol. The van der Waals surface area contributed by atoms with Gasteiger partial charge in [-0.15, -0.1) is 11.3 Å². The molecular formula is C8H8O2S. The molecule has 1 aliphatic rings. The summed E-state index contributed by atoms with van der Waals surface area (Å²) in [7, 11) is 0. The average molecular weight is 168 g/mol. The van der Waals surface area contributed by atoms with Crippen LogP contribution in [-0.4, -0.2) is 11.1 Å². The SMILES string of the molecule is O=C(O)c1ccsc1C1CC1. The monoisotopic (exact) mass is 168 g/mol. The van der Waals surface area contributed by atoms with Crippen LogP contribution >= 0.6 is 11.3 Å². The van der Waals surface area contributed by atoms with Crippen LogP contribution in [0.5, 0.6) is 0 Å². The lowest BCUT2D eigenvalue weighted by Gasteiger charge is -1.93. The second kappa shape index (κ2) is 2.34. The number of carboxylic acid groups (broad SMARTS) is 1. The highest BCUT2D eigenvalue weighted by molar-refractivity contribution is 7.10. The van der Waals surface area contributed by atoms with Gasteiger partial charge in [-0.25, -0.2) is 4.79 Å². The molecule has 0 unspecified atom stereocenters. The van der Waals surface area contributed by atoms with Crippen LogP contribution in [0.3, 0.4) is 0 Å². The topological polar surface area (TPSA) is 37.3 Å². The first-order valence-electron chi connectivity index (χ1n) is 3.59. The Kier molecular flexibility index (Phi) is 1.46. The summed E-state index contributed by atoms with van der Waals surface area (Å²) in [4.78, 5) is 11.7. The third-order valence-corrected chi connectivity index (χ3v) is 2.95. The van der Waals surface area contributed by atoms with Gasteiger partial charge in [-0.2, -0.15) is 0 Å². The van der Waals surface area contributed by atoms with Crippen molar-refractivity contribution in [2.75, 3.05) is 0 Å². The minimum Gasteiger partial charge on any atom is -0.478 e. The summed E-state index contributed by atoms with van der Waals surface area (Å²) in [5.41, 5.74) is 0.512. The molecule has 1 aromatic heterocycles. The molecule has 0 saturated heterocycles. The van der Waals surface area contributed by atoms with Crippen molar-refractivity contribution < 1.29 is 9.90 Å². The van der Waals surface area contributed by atoms with Gasteiger partial charge >= 0.3 is 5.97 Å². The standard InChI is InChI=1S/C8H8O2S/c9-8(10)6-3-4-11-7(6)5-1-2-5/h3-5H,1-2H2,(H,9,10). The van der Waals surface area contributed by atoms with Gasteiger partial charge in [0.05, 0.1) is 5.56 Å². The molecule has 0 atom stereocenters. The summed E-state index contributed by atoms with van der Waals surface area (Å²) in [6.07, 6.45) is 2.33. The third-order valence-electron chi connectivity index (χ3n) is 1.87. The molecule has 0 amide bonds. The molecule has 58 valence electrons. The molecular weight excluding hydrogens is 160 g/mol. The zero-order valence-corrected chi connectivity index (χ0v) is 6.73. The van der Waals surface area contributed by atoms with E-state index in [1.54, 1.807) is 17.4 Å². The maximum atomic E-state index is 10.6. The third kappa shape index (κ3) is 1.16. The minimum absolute atomic E-state index is 0.512. The van der Waals surface area contributed by atoms with E-state index in [4.69, 9.17) is 5.11 Å². The normalized spacial score (nSPS) is 16.7. The molecule has 1 fully saturated rings. The summed E-state index contributed by atoms with van der Waals surface area (Å²) >= 11 is 1.57. The minimum atomic E-state index is -0.784. The predicted octanol–water partition coefficient (Wildman–Crippen LogP) is 2.32. The van der Waals surface area contributed by atoms with Crippen LogP contribution < -0.4 is 0 Å². The maximum Gasteiger partial charge on any atom is 0.336 e. The summed E-state index contributed by atoms with van der Waals surface area (Å²) in [5, 5.41) is 10.6. The zero-order valence-electron chi connectivity index (χ0n) is 5.91. The van der Waals surface area contributed by atoms with E-state index in [0.29, 0.717) is 11.5 Å². The highest BCUT2D eigenvalue weighted by Gasteiger charge is 2.28. The molecule has 0 bridgehead atoms. The molecule has 0 aliphatic heterocycles. The van der Waals surface area contributed by atoms with Crippen LogP contribution in [0, 0.1) is 0 Å². The average Bonchev–Trinajstić information content (AvgIpc) is 2.68. The van der Waals surface area contributed by atoms with E-state index in [1.807, 2.05) is 5.38 Å². The fourth-order valence-corrected chi connectivity index (χ4v) is 2.22. The van der Waals surface area contributed by atoms with Crippen molar-refractivity contribution in [1.29, 1.82) is 0 Å². The molecule has 0 spiro atoms. The molecule has 1 saturated carbocycles. The number of carbonyl (C=O) groups is 1. The van der Waals surface area contributed by atoms with Crippen LogP contribution in [0.15, 0.2) is 11.4 Å². The molecule has 0 radical (unpaired) electrons. The van der Waals surface area contributed by atoms with Crippen molar-refractivity contribution >= 4 is 17.3 Å². The van der Waals surface area contributed by atoms with Gasteiger partial charge in [0.1, 0.15) is 0 Å². The van der Waals surface area contributed by atoms with Crippen LogP contribution in [-0.2, 0) is 0 Å². The Balaban J connectivity index is 2.37. The van der Waals surface area contributed by atoms with Crippen LogP contribution in [0.2, 0.25) is 0 Å². The van der Waals surface area contributed by atoms with Crippen molar-refractivity contribution in [1.82, 2.24) is 0 Å². The highest BCUT2D eigenvalue weighted by atomic mass is 32.1. The number of hydrogen-bond acceptors (Lipinski definition) is 2.